The van der Waals surface area contributed by atoms with Crippen molar-refractivity contribution in [1.29, 1.82) is 0 Å². The molecular formula is C24H17ClN4O3. The van der Waals surface area contributed by atoms with Crippen LogP contribution in [-0.2, 0) is 0 Å². The van der Waals surface area contributed by atoms with Gasteiger partial charge in [0.1, 0.15) is 5.69 Å². The van der Waals surface area contributed by atoms with Gasteiger partial charge in [0.2, 0.25) is 0 Å². The Labute approximate surface area is 188 Å². The van der Waals surface area contributed by atoms with Crippen molar-refractivity contribution >= 4 is 28.9 Å². The van der Waals surface area contributed by atoms with Gasteiger partial charge in [-0.25, -0.2) is 0 Å². The van der Waals surface area contributed by atoms with E-state index < -0.39 is 11.0 Å². The van der Waals surface area contributed by atoms with Crippen LogP contribution in [0.15, 0.2) is 72.8 Å². The average molecular weight is 445 g/mol. The lowest BCUT2D eigenvalue weighted by Crippen LogP contribution is -2.29. The van der Waals surface area contributed by atoms with Gasteiger partial charge in [-0.3, -0.25) is 24.9 Å². The zero-order chi connectivity index (χ0) is 22.4. The first-order chi connectivity index (χ1) is 15.5. The van der Waals surface area contributed by atoms with Gasteiger partial charge in [0.05, 0.1) is 22.2 Å². The van der Waals surface area contributed by atoms with Crippen molar-refractivity contribution in [3.05, 3.63) is 110 Å². The van der Waals surface area contributed by atoms with Crippen LogP contribution in [0.25, 0.3) is 11.3 Å². The number of amides is 1. The van der Waals surface area contributed by atoms with Crippen LogP contribution >= 0.6 is 11.6 Å². The second kappa shape index (κ2) is 7.62. The number of para-hydroxylation sites is 1. The molecule has 0 spiro atoms. The van der Waals surface area contributed by atoms with E-state index in [4.69, 9.17) is 11.6 Å². The average Bonchev–Trinajstić information content (AvgIpc) is 3.34. The van der Waals surface area contributed by atoms with Gasteiger partial charge in [0.25, 0.3) is 11.6 Å². The molecule has 0 aliphatic carbocycles. The number of nitro groups is 1. The number of fused-ring (bicyclic) bond motifs is 1. The van der Waals surface area contributed by atoms with E-state index in [0.29, 0.717) is 33.2 Å². The summed E-state index contributed by atoms with van der Waals surface area (Å²) in [4.78, 5) is 26.5. The van der Waals surface area contributed by atoms with Gasteiger partial charge in [-0.05, 0) is 37.3 Å². The van der Waals surface area contributed by atoms with Crippen LogP contribution in [-0.4, -0.2) is 21.0 Å². The fourth-order valence-corrected chi connectivity index (χ4v) is 4.25. The first kappa shape index (κ1) is 20.0. The van der Waals surface area contributed by atoms with Crippen LogP contribution in [0.5, 0.6) is 0 Å². The van der Waals surface area contributed by atoms with Gasteiger partial charge >= 0.3 is 0 Å². The predicted octanol–water partition coefficient (Wildman–Crippen LogP) is 5.70. The number of anilines is 1. The Morgan fingerprint density at radius 3 is 2.41 bits per heavy atom. The first-order valence-corrected chi connectivity index (χ1v) is 10.3. The molecule has 1 aliphatic rings. The van der Waals surface area contributed by atoms with Crippen LogP contribution in [0.4, 0.5) is 11.4 Å². The number of aromatic nitrogens is 2. The standard InChI is InChI=1S/C24H17ClN4O3/c1-14-6-8-15(9-7-14)21-20-22(27-26-21)24(30)28(17-12-10-16(25)11-13-17)23(20)18-4-2-3-5-19(18)29(31)32/h2-13,23H,1H3,(H,26,27). The van der Waals surface area contributed by atoms with E-state index >= 15 is 0 Å². The zero-order valence-corrected chi connectivity index (χ0v) is 17.7. The number of halogens is 1. The molecule has 1 atom stereocenters. The predicted molar refractivity (Wildman–Crippen MR) is 122 cm³/mol. The number of carbonyl (C=O) groups is 1. The Kier molecular flexibility index (Phi) is 4.75. The molecule has 1 aromatic heterocycles. The van der Waals surface area contributed by atoms with E-state index in [1.807, 2.05) is 31.2 Å². The maximum atomic E-state index is 13.5. The molecule has 158 valence electrons. The van der Waals surface area contributed by atoms with E-state index in [9.17, 15) is 14.9 Å². The maximum Gasteiger partial charge on any atom is 0.277 e. The minimum atomic E-state index is -0.727. The second-order valence-electron chi connectivity index (χ2n) is 7.60. The Bertz CT molecular complexity index is 1350. The van der Waals surface area contributed by atoms with Crippen LogP contribution in [0, 0.1) is 17.0 Å². The lowest BCUT2D eigenvalue weighted by Gasteiger charge is -2.26. The van der Waals surface area contributed by atoms with Crippen molar-refractivity contribution in [3.63, 3.8) is 0 Å². The molecule has 0 bridgehead atoms. The number of nitrogens with zero attached hydrogens (tertiary/aromatic N) is 3. The summed E-state index contributed by atoms with van der Waals surface area (Å²) in [6.07, 6.45) is 0. The fourth-order valence-electron chi connectivity index (χ4n) is 4.13. The van der Waals surface area contributed by atoms with Crippen molar-refractivity contribution < 1.29 is 9.72 Å². The van der Waals surface area contributed by atoms with E-state index in [-0.39, 0.29) is 11.6 Å². The van der Waals surface area contributed by atoms with Gasteiger partial charge in [-0.1, -0.05) is 53.6 Å². The number of rotatable bonds is 4. The number of aryl methyl sites for hydroxylation is 1. The third-order valence-electron chi connectivity index (χ3n) is 5.63. The lowest BCUT2D eigenvalue weighted by molar-refractivity contribution is -0.385. The van der Waals surface area contributed by atoms with E-state index in [1.165, 1.54) is 6.07 Å². The van der Waals surface area contributed by atoms with Crippen LogP contribution in [0.2, 0.25) is 5.02 Å². The highest BCUT2D eigenvalue weighted by Crippen LogP contribution is 2.47. The Hall–Kier alpha value is -3.97. The minimum Gasteiger partial charge on any atom is -0.295 e. The number of hydrogen-bond acceptors (Lipinski definition) is 4. The summed E-state index contributed by atoms with van der Waals surface area (Å²) in [6, 6.07) is 20.4. The van der Waals surface area contributed by atoms with Crippen molar-refractivity contribution in [2.45, 2.75) is 13.0 Å². The summed E-state index contributed by atoms with van der Waals surface area (Å²) >= 11 is 6.05. The van der Waals surface area contributed by atoms with Crippen molar-refractivity contribution in [2.75, 3.05) is 4.90 Å². The first-order valence-electron chi connectivity index (χ1n) is 9.93. The van der Waals surface area contributed by atoms with Crippen molar-refractivity contribution in [1.82, 2.24) is 10.2 Å². The smallest absolute Gasteiger partial charge is 0.277 e. The highest BCUT2D eigenvalue weighted by Gasteiger charge is 2.45. The molecule has 1 amide bonds. The molecule has 0 saturated carbocycles. The minimum absolute atomic E-state index is 0.0619. The summed E-state index contributed by atoms with van der Waals surface area (Å²) in [7, 11) is 0. The van der Waals surface area contributed by atoms with Gasteiger partial charge in [-0.15, -0.1) is 0 Å². The van der Waals surface area contributed by atoms with E-state index in [1.54, 1.807) is 47.4 Å². The summed E-state index contributed by atoms with van der Waals surface area (Å²) in [5, 5.41) is 19.7. The molecular weight excluding hydrogens is 428 g/mol. The third-order valence-corrected chi connectivity index (χ3v) is 5.88. The summed E-state index contributed by atoms with van der Waals surface area (Å²) in [5.74, 6) is -0.309. The van der Waals surface area contributed by atoms with Gasteiger partial charge in [0, 0.05) is 27.9 Å². The summed E-state index contributed by atoms with van der Waals surface area (Å²) < 4.78 is 0. The molecule has 0 fully saturated rings. The summed E-state index contributed by atoms with van der Waals surface area (Å²) in [5.41, 5.74) is 4.37. The van der Waals surface area contributed by atoms with Gasteiger partial charge < -0.3 is 0 Å². The molecule has 4 aromatic rings. The quantitative estimate of drug-likeness (QED) is 0.323. The summed E-state index contributed by atoms with van der Waals surface area (Å²) in [6.45, 7) is 1.99. The molecule has 32 heavy (non-hydrogen) atoms. The number of aromatic amines is 1. The van der Waals surface area contributed by atoms with Crippen LogP contribution < -0.4 is 4.90 Å². The number of carbonyl (C=O) groups excluding carboxylic acids is 1. The molecule has 5 rings (SSSR count). The van der Waals surface area contributed by atoms with Crippen molar-refractivity contribution in [2.24, 2.45) is 0 Å². The molecule has 0 radical (unpaired) electrons. The Morgan fingerprint density at radius 2 is 1.72 bits per heavy atom. The molecule has 1 aliphatic heterocycles. The number of benzene rings is 3. The highest BCUT2D eigenvalue weighted by molar-refractivity contribution is 6.30. The van der Waals surface area contributed by atoms with E-state index in [2.05, 4.69) is 10.2 Å². The Morgan fingerprint density at radius 1 is 1.03 bits per heavy atom. The fraction of sp³-hybridized carbons (Fsp3) is 0.0833. The molecule has 7 nitrogen and oxygen atoms in total. The monoisotopic (exact) mass is 444 g/mol. The number of nitro benzene ring substituents is 1. The van der Waals surface area contributed by atoms with Gasteiger partial charge in [-0.2, -0.15) is 5.10 Å². The number of hydrogen-bond donors (Lipinski definition) is 1. The molecule has 1 unspecified atom stereocenters. The normalized spacial score (nSPS) is 15.1. The maximum absolute atomic E-state index is 13.5. The van der Waals surface area contributed by atoms with E-state index in [0.717, 1.165) is 11.1 Å². The van der Waals surface area contributed by atoms with Crippen molar-refractivity contribution in [3.8, 4) is 11.3 Å². The largest absolute Gasteiger partial charge is 0.295 e. The SMILES string of the molecule is Cc1ccc(-c2n[nH]c3c2C(c2ccccc2[N+](=O)[O-])N(c2ccc(Cl)cc2)C3=O)cc1. The number of H-pyrrole nitrogens is 1. The molecule has 2 heterocycles. The Balaban J connectivity index is 1.77. The highest BCUT2D eigenvalue weighted by atomic mass is 35.5. The van der Waals surface area contributed by atoms with Gasteiger partial charge in [0.15, 0.2) is 0 Å². The zero-order valence-electron chi connectivity index (χ0n) is 16.9. The van der Waals surface area contributed by atoms with Crippen LogP contribution in [0.3, 0.4) is 0 Å². The second-order valence-corrected chi connectivity index (χ2v) is 8.03. The topological polar surface area (TPSA) is 92.1 Å². The molecule has 8 heteroatoms. The molecule has 1 N–H and O–H groups in total. The molecule has 3 aromatic carbocycles. The number of nitrogens with one attached hydrogen (secondary N) is 1. The third kappa shape index (κ3) is 3.14. The lowest BCUT2D eigenvalue weighted by atomic mass is 9.94. The van der Waals surface area contributed by atoms with Crippen LogP contribution in [0.1, 0.15) is 33.2 Å². The molecule has 0 saturated heterocycles.